The van der Waals surface area contributed by atoms with Crippen molar-refractivity contribution >= 4 is 11.4 Å². The zero-order valence-electron chi connectivity index (χ0n) is 6.80. The summed E-state index contributed by atoms with van der Waals surface area (Å²) < 4.78 is 21.2. The maximum Gasteiger partial charge on any atom is 0.305 e. The van der Waals surface area contributed by atoms with Crippen molar-refractivity contribution in [2.75, 3.05) is 0 Å². The first-order valence-corrected chi connectivity index (χ1v) is 5.18. The third-order valence-electron chi connectivity index (χ3n) is 2.50. The lowest BCUT2D eigenvalue weighted by atomic mass is 10.1. The van der Waals surface area contributed by atoms with Gasteiger partial charge in [-0.3, -0.25) is 8.37 Å². The van der Waals surface area contributed by atoms with Crippen molar-refractivity contribution in [3.8, 4) is 0 Å². The van der Waals surface area contributed by atoms with E-state index >= 15 is 0 Å². The van der Waals surface area contributed by atoms with Crippen LogP contribution in [0.2, 0.25) is 0 Å². The Kier molecular flexibility index (Phi) is 1.56. The van der Waals surface area contributed by atoms with Gasteiger partial charge >= 0.3 is 11.4 Å². The molecule has 3 rings (SSSR count). The molecule has 1 aliphatic carbocycles. The molecule has 13 heavy (non-hydrogen) atoms. The van der Waals surface area contributed by atoms with E-state index in [-0.39, 0.29) is 12.2 Å². The molecule has 1 saturated heterocycles. The van der Waals surface area contributed by atoms with Gasteiger partial charge in [-0.05, 0) is 11.1 Å². The molecule has 0 radical (unpaired) electrons. The Labute approximate surface area is 78.5 Å². The Bertz CT molecular complexity index is 377. The quantitative estimate of drug-likeness (QED) is 0.627. The maximum absolute atomic E-state index is 10.9. The van der Waals surface area contributed by atoms with Crippen LogP contribution in [0.4, 0.5) is 0 Å². The monoisotopic (exact) mass is 196 g/mol. The standard InChI is InChI=1S/C9H8O3S/c10-13-11-8-5-6-3-1-2-4-7(6)9(8)12-13/h1-4,8-9H,5H2/t8-,9+,13?/m1/s1. The van der Waals surface area contributed by atoms with Crippen molar-refractivity contribution in [2.45, 2.75) is 18.6 Å². The van der Waals surface area contributed by atoms with Crippen LogP contribution in [-0.2, 0) is 26.1 Å². The number of benzene rings is 1. The van der Waals surface area contributed by atoms with Crippen molar-refractivity contribution in [1.29, 1.82) is 0 Å². The molecule has 0 spiro atoms. The van der Waals surface area contributed by atoms with E-state index < -0.39 is 11.4 Å². The summed E-state index contributed by atoms with van der Waals surface area (Å²) >= 11 is -1.54. The lowest BCUT2D eigenvalue weighted by Gasteiger charge is -2.03. The number of hydrogen-bond donors (Lipinski definition) is 0. The summed E-state index contributed by atoms with van der Waals surface area (Å²) in [5.41, 5.74) is 2.37. The normalized spacial score (nSPS) is 35.8. The van der Waals surface area contributed by atoms with Gasteiger partial charge in [0, 0.05) is 6.42 Å². The highest BCUT2D eigenvalue weighted by atomic mass is 32.2. The van der Waals surface area contributed by atoms with Gasteiger partial charge in [0.2, 0.25) is 0 Å². The molecule has 68 valence electrons. The van der Waals surface area contributed by atoms with Gasteiger partial charge in [0.05, 0.1) is 0 Å². The number of rotatable bonds is 0. The van der Waals surface area contributed by atoms with Gasteiger partial charge < -0.3 is 0 Å². The van der Waals surface area contributed by atoms with Crippen LogP contribution in [0, 0.1) is 0 Å². The first-order valence-electron chi connectivity index (χ1n) is 4.18. The largest absolute Gasteiger partial charge is 0.305 e. The molecule has 3 atom stereocenters. The predicted octanol–water partition coefficient (Wildman–Crippen LogP) is 1.28. The highest BCUT2D eigenvalue weighted by Crippen LogP contribution is 2.41. The highest BCUT2D eigenvalue weighted by Gasteiger charge is 2.42. The Hall–Kier alpha value is -0.710. The van der Waals surface area contributed by atoms with Crippen molar-refractivity contribution in [2.24, 2.45) is 0 Å². The van der Waals surface area contributed by atoms with Gasteiger partial charge in [-0.1, -0.05) is 24.3 Å². The predicted molar refractivity (Wildman–Crippen MR) is 47.0 cm³/mol. The molecule has 1 aliphatic heterocycles. The van der Waals surface area contributed by atoms with E-state index in [0.29, 0.717) is 0 Å². The second-order valence-corrected chi connectivity index (χ2v) is 4.05. The molecule has 1 unspecified atom stereocenters. The Morgan fingerprint density at radius 1 is 1.31 bits per heavy atom. The summed E-state index contributed by atoms with van der Waals surface area (Å²) in [5, 5.41) is 0. The van der Waals surface area contributed by atoms with Crippen LogP contribution in [0.5, 0.6) is 0 Å². The Morgan fingerprint density at radius 2 is 2.15 bits per heavy atom. The molecule has 4 heteroatoms. The van der Waals surface area contributed by atoms with E-state index in [1.165, 1.54) is 5.56 Å². The smallest absolute Gasteiger partial charge is 0.262 e. The zero-order chi connectivity index (χ0) is 8.84. The van der Waals surface area contributed by atoms with Crippen LogP contribution in [0.15, 0.2) is 24.3 Å². The minimum Gasteiger partial charge on any atom is -0.262 e. The molecule has 0 bridgehead atoms. The Morgan fingerprint density at radius 3 is 3.08 bits per heavy atom. The zero-order valence-corrected chi connectivity index (χ0v) is 7.62. The summed E-state index contributed by atoms with van der Waals surface area (Å²) in [6, 6.07) is 8.03. The van der Waals surface area contributed by atoms with Crippen molar-refractivity contribution in [3.63, 3.8) is 0 Å². The fourth-order valence-electron chi connectivity index (χ4n) is 1.93. The van der Waals surface area contributed by atoms with Gasteiger partial charge in [-0.15, -0.1) is 0 Å². The first-order chi connectivity index (χ1) is 6.34. The van der Waals surface area contributed by atoms with E-state index in [1.807, 2.05) is 18.2 Å². The lowest BCUT2D eigenvalue weighted by molar-refractivity contribution is 0.176. The number of fused-ring (bicyclic) bond motifs is 3. The summed E-state index contributed by atoms with van der Waals surface area (Å²) in [6.07, 6.45) is 0.655. The van der Waals surface area contributed by atoms with Gasteiger partial charge in [-0.2, -0.15) is 4.21 Å². The summed E-state index contributed by atoms with van der Waals surface area (Å²) in [5.74, 6) is 0. The van der Waals surface area contributed by atoms with Crippen LogP contribution in [0.25, 0.3) is 0 Å². The molecule has 0 amide bonds. The second-order valence-electron chi connectivity index (χ2n) is 3.26. The second kappa shape index (κ2) is 2.64. The van der Waals surface area contributed by atoms with Gasteiger partial charge in [0.15, 0.2) is 0 Å². The average molecular weight is 196 g/mol. The van der Waals surface area contributed by atoms with Crippen LogP contribution in [0.1, 0.15) is 17.2 Å². The topological polar surface area (TPSA) is 35.5 Å². The van der Waals surface area contributed by atoms with E-state index in [2.05, 4.69) is 6.07 Å². The molecule has 3 nitrogen and oxygen atoms in total. The molecule has 0 saturated carbocycles. The molecule has 0 aromatic heterocycles. The minimum atomic E-state index is -1.54. The molecule has 2 aliphatic rings. The fraction of sp³-hybridized carbons (Fsp3) is 0.333. The summed E-state index contributed by atoms with van der Waals surface area (Å²) in [7, 11) is 0. The van der Waals surface area contributed by atoms with Crippen molar-refractivity contribution < 1.29 is 12.6 Å². The molecule has 1 aromatic carbocycles. The molecule has 0 N–H and O–H groups in total. The van der Waals surface area contributed by atoms with Crippen LogP contribution >= 0.6 is 0 Å². The van der Waals surface area contributed by atoms with Crippen molar-refractivity contribution in [1.82, 2.24) is 0 Å². The SMILES string of the molecule is O=S1O[C@@H]2Cc3ccccc3[C@@H]2O1. The number of hydrogen-bond acceptors (Lipinski definition) is 3. The van der Waals surface area contributed by atoms with E-state index in [4.69, 9.17) is 8.37 Å². The summed E-state index contributed by atoms with van der Waals surface area (Å²) in [4.78, 5) is 0. The van der Waals surface area contributed by atoms with Gasteiger partial charge in [0.1, 0.15) is 12.2 Å². The third-order valence-corrected chi connectivity index (χ3v) is 3.27. The van der Waals surface area contributed by atoms with Crippen LogP contribution < -0.4 is 0 Å². The average Bonchev–Trinajstić information content (AvgIpc) is 2.60. The minimum absolute atomic E-state index is 0.0433. The maximum atomic E-state index is 10.9. The molecular formula is C9H8O3S. The van der Waals surface area contributed by atoms with Crippen LogP contribution in [0.3, 0.4) is 0 Å². The third kappa shape index (κ3) is 1.06. The molecule has 1 fully saturated rings. The van der Waals surface area contributed by atoms with E-state index in [1.54, 1.807) is 0 Å². The van der Waals surface area contributed by atoms with E-state index in [9.17, 15) is 4.21 Å². The van der Waals surface area contributed by atoms with Crippen LogP contribution in [-0.4, -0.2) is 10.3 Å². The van der Waals surface area contributed by atoms with Crippen molar-refractivity contribution in [3.05, 3.63) is 35.4 Å². The molecule has 1 heterocycles. The van der Waals surface area contributed by atoms with Gasteiger partial charge in [-0.25, -0.2) is 0 Å². The molecular weight excluding hydrogens is 188 g/mol. The lowest BCUT2D eigenvalue weighted by Crippen LogP contribution is -2.08. The molecule has 1 aromatic rings. The highest BCUT2D eigenvalue weighted by molar-refractivity contribution is 7.75. The van der Waals surface area contributed by atoms with E-state index in [0.717, 1.165) is 12.0 Å². The fourth-order valence-corrected chi connectivity index (χ4v) is 2.74. The Balaban J connectivity index is 2.06. The van der Waals surface area contributed by atoms with Gasteiger partial charge in [0.25, 0.3) is 0 Å². The first kappa shape index (κ1) is 7.67. The summed E-state index contributed by atoms with van der Waals surface area (Å²) in [6.45, 7) is 0.